The molecule has 3 rings (SSSR count). The van der Waals surface area contributed by atoms with E-state index in [9.17, 15) is 5.26 Å². The van der Waals surface area contributed by atoms with Crippen LogP contribution in [0.15, 0.2) is 24.3 Å². The van der Waals surface area contributed by atoms with Crippen molar-refractivity contribution >= 4 is 0 Å². The Morgan fingerprint density at radius 3 is 2.72 bits per heavy atom. The Morgan fingerprint density at radius 2 is 1.94 bits per heavy atom. The number of benzene rings is 1. The molecule has 1 fully saturated rings. The Balaban J connectivity index is 1.94. The van der Waals surface area contributed by atoms with E-state index in [1.165, 1.54) is 36.8 Å². The summed E-state index contributed by atoms with van der Waals surface area (Å²) in [7, 11) is 0. The Hall–Kier alpha value is -1.33. The monoisotopic (exact) mass is 240 g/mol. The number of nitrogens with zero attached hydrogens (tertiary/aromatic N) is 1. The van der Waals surface area contributed by atoms with E-state index in [1.54, 1.807) is 0 Å². The van der Waals surface area contributed by atoms with Gasteiger partial charge in [0.15, 0.2) is 0 Å². The van der Waals surface area contributed by atoms with Crippen molar-refractivity contribution in [3.05, 3.63) is 35.4 Å². The molecule has 0 spiro atoms. The minimum atomic E-state index is -0.427. The number of aryl methyl sites for hydroxylation is 1. The first kappa shape index (κ1) is 11.7. The summed E-state index contributed by atoms with van der Waals surface area (Å²) in [5.41, 5.74) is 2.16. The number of rotatable bonds is 2. The first-order valence-electron chi connectivity index (χ1n) is 7.11. The van der Waals surface area contributed by atoms with Crippen molar-refractivity contribution in [2.75, 3.05) is 0 Å². The molecule has 18 heavy (non-hydrogen) atoms. The Bertz CT molecular complexity index is 468. The van der Waals surface area contributed by atoms with Crippen molar-refractivity contribution in [3.63, 3.8) is 0 Å². The molecule has 0 heterocycles. The molecule has 0 aromatic heterocycles. The molecule has 1 atom stereocenters. The lowest BCUT2D eigenvalue weighted by Gasteiger charge is -2.36. The van der Waals surface area contributed by atoms with E-state index < -0.39 is 5.54 Å². The fraction of sp³-hybridized carbons (Fsp3) is 0.562. The van der Waals surface area contributed by atoms with E-state index >= 15 is 0 Å². The van der Waals surface area contributed by atoms with E-state index in [1.807, 2.05) is 0 Å². The highest BCUT2D eigenvalue weighted by molar-refractivity contribution is 5.41. The second-order valence-electron chi connectivity index (χ2n) is 5.65. The van der Waals surface area contributed by atoms with Crippen LogP contribution in [-0.2, 0) is 12.0 Å². The first-order valence-corrected chi connectivity index (χ1v) is 7.11. The van der Waals surface area contributed by atoms with Crippen LogP contribution >= 0.6 is 0 Å². The summed E-state index contributed by atoms with van der Waals surface area (Å²) in [5, 5.41) is 13.4. The maximum absolute atomic E-state index is 9.74. The van der Waals surface area contributed by atoms with Crippen LogP contribution in [0.2, 0.25) is 0 Å². The van der Waals surface area contributed by atoms with Crippen LogP contribution in [0.25, 0.3) is 0 Å². The maximum Gasteiger partial charge on any atom is 0.132 e. The first-order chi connectivity index (χ1) is 8.84. The van der Waals surface area contributed by atoms with E-state index in [4.69, 9.17) is 0 Å². The normalized spacial score (nSPS) is 27.7. The van der Waals surface area contributed by atoms with Crippen LogP contribution < -0.4 is 5.32 Å². The zero-order chi connectivity index (χ0) is 12.4. The number of nitriles is 1. The third-order valence-corrected chi connectivity index (χ3v) is 4.47. The fourth-order valence-corrected chi connectivity index (χ4v) is 3.55. The summed E-state index contributed by atoms with van der Waals surface area (Å²) < 4.78 is 0. The average Bonchev–Trinajstić information content (AvgIpc) is 2.92. The van der Waals surface area contributed by atoms with Crippen molar-refractivity contribution in [2.24, 2.45) is 0 Å². The zero-order valence-corrected chi connectivity index (χ0v) is 10.8. The van der Waals surface area contributed by atoms with Gasteiger partial charge in [0.1, 0.15) is 5.54 Å². The minimum absolute atomic E-state index is 0.427. The second-order valence-corrected chi connectivity index (χ2v) is 5.65. The Labute approximate surface area is 109 Å². The molecule has 0 bridgehead atoms. The molecule has 2 aliphatic carbocycles. The van der Waals surface area contributed by atoms with Crippen molar-refractivity contribution in [2.45, 2.75) is 56.5 Å². The van der Waals surface area contributed by atoms with Crippen molar-refractivity contribution < 1.29 is 0 Å². The summed E-state index contributed by atoms with van der Waals surface area (Å²) in [6.07, 6.45) is 8.26. The highest BCUT2D eigenvalue weighted by atomic mass is 15.0. The van der Waals surface area contributed by atoms with Gasteiger partial charge in [0.2, 0.25) is 0 Å². The molecular formula is C16H20N2. The molecule has 0 amide bonds. The summed E-state index contributed by atoms with van der Waals surface area (Å²) in [6.45, 7) is 0. The molecule has 0 aliphatic heterocycles. The lowest BCUT2D eigenvalue weighted by Crippen LogP contribution is -2.48. The third-order valence-electron chi connectivity index (χ3n) is 4.47. The quantitative estimate of drug-likeness (QED) is 0.861. The number of hydrogen-bond acceptors (Lipinski definition) is 2. The van der Waals surface area contributed by atoms with Gasteiger partial charge in [-0.25, -0.2) is 0 Å². The molecule has 0 saturated heterocycles. The molecule has 94 valence electrons. The van der Waals surface area contributed by atoms with Gasteiger partial charge in [0.05, 0.1) is 6.07 Å². The van der Waals surface area contributed by atoms with Crippen molar-refractivity contribution in [3.8, 4) is 6.07 Å². The van der Waals surface area contributed by atoms with Gasteiger partial charge in [-0.05, 0) is 43.2 Å². The Morgan fingerprint density at radius 1 is 1.17 bits per heavy atom. The van der Waals surface area contributed by atoms with E-state index in [-0.39, 0.29) is 0 Å². The SMILES string of the molecule is N#CC1(NC2CCCC2)CCCc2ccccc21. The molecule has 0 radical (unpaired) electrons. The standard InChI is InChI=1S/C16H20N2/c17-12-16(18-14-8-2-3-9-14)11-5-7-13-6-1-4-10-15(13)16/h1,4,6,10,14,18H,2-3,5,7-9,11H2. The number of hydrogen-bond donors (Lipinski definition) is 1. The molecule has 2 nitrogen and oxygen atoms in total. The highest BCUT2D eigenvalue weighted by Gasteiger charge is 2.38. The van der Waals surface area contributed by atoms with Gasteiger partial charge in [-0.15, -0.1) is 0 Å². The van der Waals surface area contributed by atoms with Crippen LogP contribution in [0.5, 0.6) is 0 Å². The van der Waals surface area contributed by atoms with Gasteiger partial charge < -0.3 is 0 Å². The molecular weight excluding hydrogens is 220 g/mol. The topological polar surface area (TPSA) is 35.8 Å². The number of nitrogens with one attached hydrogen (secondary N) is 1. The van der Waals surface area contributed by atoms with Gasteiger partial charge in [0, 0.05) is 6.04 Å². The fourth-order valence-electron chi connectivity index (χ4n) is 3.55. The molecule has 2 heteroatoms. The minimum Gasteiger partial charge on any atom is -0.293 e. The van der Waals surface area contributed by atoms with E-state index in [0.29, 0.717) is 6.04 Å². The van der Waals surface area contributed by atoms with Gasteiger partial charge in [-0.3, -0.25) is 5.32 Å². The predicted octanol–water partition coefficient (Wildman–Crippen LogP) is 3.27. The summed E-state index contributed by atoms with van der Waals surface area (Å²) in [5.74, 6) is 0. The van der Waals surface area contributed by atoms with E-state index in [2.05, 4.69) is 35.7 Å². The lowest BCUT2D eigenvalue weighted by atomic mass is 9.77. The van der Waals surface area contributed by atoms with Crippen molar-refractivity contribution in [1.29, 1.82) is 5.26 Å². The molecule has 1 N–H and O–H groups in total. The van der Waals surface area contributed by atoms with Crippen molar-refractivity contribution in [1.82, 2.24) is 5.32 Å². The Kier molecular flexibility index (Phi) is 3.09. The van der Waals surface area contributed by atoms with Gasteiger partial charge in [-0.2, -0.15) is 5.26 Å². The lowest BCUT2D eigenvalue weighted by molar-refractivity contribution is 0.320. The van der Waals surface area contributed by atoms with Gasteiger partial charge in [-0.1, -0.05) is 37.1 Å². The average molecular weight is 240 g/mol. The number of fused-ring (bicyclic) bond motifs is 1. The molecule has 2 aliphatic rings. The molecule has 1 unspecified atom stereocenters. The van der Waals surface area contributed by atoms with Gasteiger partial charge >= 0.3 is 0 Å². The zero-order valence-electron chi connectivity index (χ0n) is 10.8. The van der Waals surface area contributed by atoms with Gasteiger partial charge in [0.25, 0.3) is 0 Å². The second kappa shape index (κ2) is 4.74. The molecule has 1 aromatic rings. The van der Waals surface area contributed by atoms with Crippen LogP contribution in [0.4, 0.5) is 0 Å². The maximum atomic E-state index is 9.74. The predicted molar refractivity (Wildman–Crippen MR) is 72.1 cm³/mol. The van der Waals surface area contributed by atoms with Crippen LogP contribution in [0, 0.1) is 11.3 Å². The molecule has 1 saturated carbocycles. The van der Waals surface area contributed by atoms with E-state index in [0.717, 1.165) is 19.3 Å². The summed E-state index contributed by atoms with van der Waals surface area (Å²) >= 11 is 0. The van der Waals surface area contributed by atoms with Crippen LogP contribution in [0.1, 0.15) is 49.7 Å². The molecule has 1 aromatic carbocycles. The van der Waals surface area contributed by atoms with Crippen LogP contribution in [0.3, 0.4) is 0 Å². The summed E-state index contributed by atoms with van der Waals surface area (Å²) in [6, 6.07) is 11.6. The largest absolute Gasteiger partial charge is 0.293 e. The smallest absolute Gasteiger partial charge is 0.132 e. The highest BCUT2D eigenvalue weighted by Crippen LogP contribution is 2.36. The third kappa shape index (κ3) is 1.93. The summed E-state index contributed by atoms with van der Waals surface area (Å²) in [4.78, 5) is 0. The van der Waals surface area contributed by atoms with Crippen LogP contribution in [-0.4, -0.2) is 6.04 Å².